The number of rotatable bonds is 6. The molecule has 0 spiro atoms. The molecule has 0 aromatic carbocycles. The zero-order chi connectivity index (χ0) is 16.4. The lowest BCUT2D eigenvalue weighted by Gasteiger charge is -2.35. The van der Waals surface area contributed by atoms with E-state index in [2.05, 4.69) is 15.5 Å². The molecule has 2 N–H and O–H groups in total. The third kappa shape index (κ3) is 3.21. The summed E-state index contributed by atoms with van der Waals surface area (Å²) in [6.07, 6.45) is 3.04. The van der Waals surface area contributed by atoms with Crippen LogP contribution in [0.15, 0.2) is 0 Å². The molecule has 8 nitrogen and oxygen atoms in total. The molecular formula is C15H23N5O3. The van der Waals surface area contributed by atoms with Crippen LogP contribution in [0.1, 0.15) is 50.2 Å². The van der Waals surface area contributed by atoms with Crippen LogP contribution >= 0.6 is 0 Å². The topological polar surface area (TPSA) is 100 Å². The first-order valence-electron chi connectivity index (χ1n) is 8.22. The van der Waals surface area contributed by atoms with Gasteiger partial charge in [0.2, 0.25) is 11.8 Å². The lowest BCUT2D eigenvalue weighted by Crippen LogP contribution is -2.47. The molecule has 1 aliphatic heterocycles. The fourth-order valence-corrected chi connectivity index (χ4v) is 3.38. The van der Waals surface area contributed by atoms with Crippen LogP contribution in [0.25, 0.3) is 0 Å². The minimum atomic E-state index is -0.114. The maximum absolute atomic E-state index is 12.0. The molecule has 3 rings (SSSR count). The normalized spacial score (nSPS) is 23.9. The van der Waals surface area contributed by atoms with Crippen LogP contribution in [0.4, 0.5) is 0 Å². The van der Waals surface area contributed by atoms with Gasteiger partial charge in [-0.2, -0.15) is 0 Å². The predicted molar refractivity (Wildman–Crippen MR) is 81.3 cm³/mol. The molecule has 1 saturated heterocycles. The van der Waals surface area contributed by atoms with Gasteiger partial charge in [0.15, 0.2) is 5.82 Å². The average Bonchev–Trinajstić information content (AvgIpc) is 3.08. The highest BCUT2D eigenvalue weighted by Crippen LogP contribution is 2.36. The number of aliphatic hydroxyl groups excluding tert-OH is 1. The number of carbonyl (C=O) groups is 2. The molecule has 2 fully saturated rings. The van der Waals surface area contributed by atoms with Gasteiger partial charge in [0.05, 0.1) is 6.54 Å². The molecule has 0 unspecified atom stereocenters. The van der Waals surface area contributed by atoms with Gasteiger partial charge < -0.3 is 19.9 Å². The zero-order valence-corrected chi connectivity index (χ0v) is 13.4. The van der Waals surface area contributed by atoms with Crippen molar-refractivity contribution < 1.29 is 14.7 Å². The first kappa shape index (κ1) is 15.9. The van der Waals surface area contributed by atoms with E-state index in [9.17, 15) is 14.7 Å². The summed E-state index contributed by atoms with van der Waals surface area (Å²) in [5.41, 5.74) is 0. The highest BCUT2D eigenvalue weighted by molar-refractivity contribution is 5.86. The summed E-state index contributed by atoms with van der Waals surface area (Å²) in [6.45, 7) is 3.46. The molecule has 0 bridgehead atoms. The van der Waals surface area contributed by atoms with Gasteiger partial charge in [-0.05, 0) is 26.2 Å². The molecule has 2 aliphatic rings. The van der Waals surface area contributed by atoms with Crippen molar-refractivity contribution in [1.29, 1.82) is 0 Å². The maximum atomic E-state index is 12.0. The van der Waals surface area contributed by atoms with Crippen LogP contribution < -0.4 is 5.32 Å². The summed E-state index contributed by atoms with van der Waals surface area (Å²) in [4.78, 5) is 25.1. The Morgan fingerprint density at radius 1 is 1.39 bits per heavy atom. The van der Waals surface area contributed by atoms with Crippen molar-refractivity contribution in [3.05, 3.63) is 11.6 Å². The minimum absolute atomic E-state index is 0.0687. The van der Waals surface area contributed by atoms with Crippen molar-refractivity contribution in [1.82, 2.24) is 25.0 Å². The van der Waals surface area contributed by atoms with E-state index in [1.807, 2.05) is 11.5 Å². The van der Waals surface area contributed by atoms with Crippen molar-refractivity contribution in [2.24, 2.45) is 0 Å². The quantitative estimate of drug-likeness (QED) is 0.754. The van der Waals surface area contributed by atoms with Crippen LogP contribution in [-0.2, 0) is 22.7 Å². The Morgan fingerprint density at radius 2 is 2.17 bits per heavy atom. The number of likely N-dealkylation sites (tertiary alicyclic amines) is 1. The Bertz CT molecular complexity index is 594. The Balaban J connectivity index is 1.48. The third-order valence-corrected chi connectivity index (χ3v) is 4.69. The van der Waals surface area contributed by atoms with E-state index in [1.54, 1.807) is 4.90 Å². The number of hydrogen-bond acceptors (Lipinski definition) is 5. The Morgan fingerprint density at radius 3 is 2.78 bits per heavy atom. The van der Waals surface area contributed by atoms with E-state index in [-0.39, 0.29) is 36.9 Å². The van der Waals surface area contributed by atoms with Crippen LogP contribution in [-0.4, -0.2) is 55.7 Å². The van der Waals surface area contributed by atoms with Crippen LogP contribution in [0.5, 0.6) is 0 Å². The van der Waals surface area contributed by atoms with Gasteiger partial charge in [-0.25, -0.2) is 0 Å². The second kappa shape index (κ2) is 6.66. The van der Waals surface area contributed by atoms with Gasteiger partial charge >= 0.3 is 0 Å². The molecule has 1 saturated carbocycles. The molecule has 2 heterocycles. The lowest BCUT2D eigenvalue weighted by atomic mass is 9.79. The maximum Gasteiger partial charge on any atom is 0.239 e. The number of carbonyl (C=O) groups excluding carboxylic acids is 2. The summed E-state index contributed by atoms with van der Waals surface area (Å²) >= 11 is 0. The zero-order valence-electron chi connectivity index (χ0n) is 13.4. The van der Waals surface area contributed by atoms with Crippen molar-refractivity contribution in [3.8, 4) is 0 Å². The fraction of sp³-hybridized carbons (Fsp3) is 0.733. The van der Waals surface area contributed by atoms with E-state index in [4.69, 9.17) is 0 Å². The summed E-state index contributed by atoms with van der Waals surface area (Å²) in [5.74, 6) is 1.72. The van der Waals surface area contributed by atoms with Gasteiger partial charge in [-0.1, -0.05) is 0 Å². The summed E-state index contributed by atoms with van der Waals surface area (Å²) in [5, 5.41) is 20.4. The molecule has 8 heteroatoms. The SMILES string of the molecule is CCn1c(CO)nnc1C1CC(NC(=O)CN2CCCC2=O)C1. The van der Waals surface area contributed by atoms with Crippen LogP contribution in [0.3, 0.4) is 0 Å². The van der Waals surface area contributed by atoms with Crippen molar-refractivity contribution >= 4 is 11.8 Å². The molecule has 1 aromatic heterocycles. The third-order valence-electron chi connectivity index (χ3n) is 4.69. The van der Waals surface area contributed by atoms with E-state index in [1.165, 1.54) is 0 Å². The highest BCUT2D eigenvalue weighted by atomic mass is 16.3. The van der Waals surface area contributed by atoms with Gasteiger partial charge in [-0.3, -0.25) is 9.59 Å². The standard InChI is InChI=1S/C15H23N5O3/c1-2-20-12(9-21)17-18-15(20)10-6-11(7-10)16-13(22)8-19-5-3-4-14(19)23/h10-11,21H,2-9H2,1H3,(H,16,22). The second-order valence-electron chi connectivity index (χ2n) is 6.23. The van der Waals surface area contributed by atoms with E-state index in [0.717, 1.165) is 31.6 Å². The summed E-state index contributed by atoms with van der Waals surface area (Å²) in [6, 6.07) is 0.129. The molecule has 0 atom stereocenters. The average molecular weight is 321 g/mol. The molecule has 126 valence electrons. The highest BCUT2D eigenvalue weighted by Gasteiger charge is 2.35. The van der Waals surface area contributed by atoms with Crippen molar-refractivity contribution in [2.45, 2.75) is 57.7 Å². The lowest BCUT2D eigenvalue weighted by molar-refractivity contribution is -0.133. The Hall–Kier alpha value is -1.96. The number of aromatic nitrogens is 3. The first-order chi connectivity index (χ1) is 11.1. The fourth-order valence-electron chi connectivity index (χ4n) is 3.38. The van der Waals surface area contributed by atoms with Gasteiger partial charge in [0, 0.05) is 31.5 Å². The molecule has 1 aliphatic carbocycles. The van der Waals surface area contributed by atoms with Crippen LogP contribution in [0, 0.1) is 0 Å². The van der Waals surface area contributed by atoms with Crippen LogP contribution in [0.2, 0.25) is 0 Å². The van der Waals surface area contributed by atoms with Gasteiger partial charge in [0.1, 0.15) is 12.4 Å². The Kier molecular flexibility index (Phi) is 4.61. The summed E-state index contributed by atoms with van der Waals surface area (Å²) < 4.78 is 1.94. The first-order valence-corrected chi connectivity index (χ1v) is 8.22. The number of hydrogen-bond donors (Lipinski definition) is 2. The number of aliphatic hydroxyl groups is 1. The molecule has 23 heavy (non-hydrogen) atoms. The van der Waals surface area contributed by atoms with E-state index >= 15 is 0 Å². The van der Waals surface area contributed by atoms with Crippen molar-refractivity contribution in [2.75, 3.05) is 13.1 Å². The molecule has 1 aromatic rings. The molecule has 0 radical (unpaired) electrons. The van der Waals surface area contributed by atoms with E-state index in [0.29, 0.717) is 18.8 Å². The molecule has 2 amide bonds. The second-order valence-corrected chi connectivity index (χ2v) is 6.23. The largest absolute Gasteiger partial charge is 0.388 e. The monoisotopic (exact) mass is 321 g/mol. The van der Waals surface area contributed by atoms with Crippen molar-refractivity contribution in [3.63, 3.8) is 0 Å². The number of nitrogens with one attached hydrogen (secondary N) is 1. The molecular weight excluding hydrogens is 298 g/mol. The Labute approximate surface area is 134 Å². The minimum Gasteiger partial charge on any atom is -0.388 e. The van der Waals surface area contributed by atoms with Gasteiger partial charge in [-0.15, -0.1) is 10.2 Å². The predicted octanol–water partition coefficient (Wildman–Crippen LogP) is -0.225. The summed E-state index contributed by atoms with van der Waals surface area (Å²) in [7, 11) is 0. The van der Waals surface area contributed by atoms with E-state index < -0.39 is 0 Å². The number of amides is 2. The number of nitrogens with zero attached hydrogens (tertiary/aromatic N) is 4. The smallest absolute Gasteiger partial charge is 0.239 e. The van der Waals surface area contributed by atoms with Gasteiger partial charge in [0.25, 0.3) is 0 Å².